The number of carboxylic acid groups (broad SMARTS) is 1. The van der Waals surface area contributed by atoms with Crippen molar-refractivity contribution in [3.63, 3.8) is 0 Å². The van der Waals surface area contributed by atoms with Crippen molar-refractivity contribution in [1.82, 2.24) is 0 Å². The summed E-state index contributed by atoms with van der Waals surface area (Å²) in [6.45, 7) is 3.62. The van der Waals surface area contributed by atoms with Gasteiger partial charge in [0.15, 0.2) is 0 Å². The van der Waals surface area contributed by atoms with Crippen LogP contribution in [0, 0.1) is 23.0 Å². The molecule has 0 aliphatic carbocycles. The Hall–Kier alpha value is -2.11. The van der Waals surface area contributed by atoms with E-state index < -0.39 is 16.8 Å². The molecule has 0 aliphatic rings. The van der Waals surface area contributed by atoms with Gasteiger partial charge >= 0.3 is 5.97 Å². The molecule has 0 fully saturated rings. The molecular weight excluding hydrogens is 224 g/mol. The van der Waals surface area contributed by atoms with Gasteiger partial charge in [0.1, 0.15) is 0 Å². The molecule has 0 heterocycles. The van der Waals surface area contributed by atoms with Crippen LogP contribution >= 0.6 is 0 Å². The van der Waals surface area contributed by atoms with Gasteiger partial charge in [0.25, 0.3) is 5.69 Å². The van der Waals surface area contributed by atoms with Crippen LogP contribution in [0.1, 0.15) is 12.5 Å². The molecular formula is C11H14N2O4. The minimum atomic E-state index is -0.878. The summed E-state index contributed by atoms with van der Waals surface area (Å²) in [5, 5.41) is 22.2. The summed E-state index contributed by atoms with van der Waals surface area (Å²) in [7, 11) is 0. The molecule has 0 saturated heterocycles. The molecule has 0 spiro atoms. The maximum atomic E-state index is 10.6. The van der Waals surface area contributed by atoms with Crippen LogP contribution < -0.4 is 5.32 Å². The topological polar surface area (TPSA) is 92.5 Å². The van der Waals surface area contributed by atoms with E-state index in [-0.39, 0.29) is 12.2 Å². The summed E-state index contributed by atoms with van der Waals surface area (Å²) in [5.41, 5.74) is 1.46. The molecule has 0 amide bonds. The minimum Gasteiger partial charge on any atom is -0.481 e. The summed E-state index contributed by atoms with van der Waals surface area (Å²) in [6, 6.07) is 4.43. The van der Waals surface area contributed by atoms with Gasteiger partial charge in [-0.25, -0.2) is 0 Å². The van der Waals surface area contributed by atoms with E-state index >= 15 is 0 Å². The minimum absolute atomic E-state index is 0.0272. The van der Waals surface area contributed by atoms with Crippen LogP contribution in [0.5, 0.6) is 0 Å². The zero-order valence-corrected chi connectivity index (χ0v) is 9.64. The van der Waals surface area contributed by atoms with E-state index in [0.717, 1.165) is 5.56 Å². The Morgan fingerprint density at radius 3 is 2.71 bits per heavy atom. The molecule has 2 N–H and O–H groups in total. The molecule has 0 bridgehead atoms. The predicted molar refractivity (Wildman–Crippen MR) is 63.1 cm³/mol. The molecule has 0 aliphatic heterocycles. The van der Waals surface area contributed by atoms with Crippen LogP contribution in [-0.4, -0.2) is 22.5 Å². The monoisotopic (exact) mass is 238 g/mol. The molecule has 0 radical (unpaired) electrons. The van der Waals surface area contributed by atoms with Gasteiger partial charge in [0.05, 0.1) is 10.8 Å². The molecule has 1 aromatic carbocycles. The number of nitrogens with one attached hydrogen (secondary N) is 1. The number of nitrogens with zero attached hydrogens (tertiary/aromatic N) is 1. The molecule has 1 rings (SSSR count). The first-order valence-electron chi connectivity index (χ1n) is 5.13. The van der Waals surface area contributed by atoms with Crippen LogP contribution in [-0.2, 0) is 4.79 Å². The number of carbonyl (C=O) groups is 1. The molecule has 17 heavy (non-hydrogen) atoms. The van der Waals surface area contributed by atoms with E-state index in [9.17, 15) is 14.9 Å². The van der Waals surface area contributed by atoms with Crippen LogP contribution in [0.2, 0.25) is 0 Å². The second-order valence-corrected chi connectivity index (χ2v) is 3.88. The molecule has 0 saturated carbocycles. The van der Waals surface area contributed by atoms with Gasteiger partial charge in [-0.05, 0) is 18.6 Å². The van der Waals surface area contributed by atoms with Gasteiger partial charge in [-0.1, -0.05) is 6.92 Å². The Morgan fingerprint density at radius 1 is 1.59 bits per heavy atom. The van der Waals surface area contributed by atoms with Crippen molar-refractivity contribution in [3.05, 3.63) is 33.9 Å². The third-order valence-electron chi connectivity index (χ3n) is 2.44. The molecule has 6 heteroatoms. The van der Waals surface area contributed by atoms with E-state index in [2.05, 4.69) is 5.32 Å². The fourth-order valence-corrected chi connectivity index (χ4v) is 1.31. The number of anilines is 1. The zero-order valence-electron chi connectivity index (χ0n) is 9.64. The highest BCUT2D eigenvalue weighted by molar-refractivity contribution is 5.70. The van der Waals surface area contributed by atoms with Crippen molar-refractivity contribution in [2.75, 3.05) is 11.9 Å². The molecule has 1 atom stereocenters. The Labute approximate surface area is 98.4 Å². The third-order valence-corrected chi connectivity index (χ3v) is 2.44. The number of carboxylic acids is 1. The van der Waals surface area contributed by atoms with Crippen molar-refractivity contribution >= 4 is 17.3 Å². The van der Waals surface area contributed by atoms with Crippen LogP contribution in [0.4, 0.5) is 11.4 Å². The average Bonchev–Trinajstić information content (AvgIpc) is 2.26. The first kappa shape index (κ1) is 13.0. The summed E-state index contributed by atoms with van der Waals surface area (Å²) < 4.78 is 0. The Kier molecular flexibility index (Phi) is 4.03. The fourth-order valence-electron chi connectivity index (χ4n) is 1.31. The highest BCUT2D eigenvalue weighted by Crippen LogP contribution is 2.21. The third kappa shape index (κ3) is 3.44. The van der Waals surface area contributed by atoms with E-state index in [1.165, 1.54) is 12.1 Å². The summed E-state index contributed by atoms with van der Waals surface area (Å²) in [5.74, 6) is -1.39. The number of hydrogen-bond acceptors (Lipinski definition) is 4. The van der Waals surface area contributed by atoms with Crippen LogP contribution in [0.25, 0.3) is 0 Å². The van der Waals surface area contributed by atoms with E-state index in [0.29, 0.717) is 5.69 Å². The lowest BCUT2D eigenvalue weighted by molar-refractivity contribution is -0.384. The SMILES string of the molecule is Cc1cc([N+](=O)[O-])ccc1NCC(C)C(=O)O. The van der Waals surface area contributed by atoms with Gasteiger partial charge in [0.2, 0.25) is 0 Å². The van der Waals surface area contributed by atoms with E-state index in [1.807, 2.05) is 0 Å². The highest BCUT2D eigenvalue weighted by atomic mass is 16.6. The van der Waals surface area contributed by atoms with Crippen molar-refractivity contribution < 1.29 is 14.8 Å². The fraction of sp³-hybridized carbons (Fsp3) is 0.364. The Morgan fingerprint density at radius 2 is 2.24 bits per heavy atom. The lowest BCUT2D eigenvalue weighted by Crippen LogP contribution is -2.19. The van der Waals surface area contributed by atoms with Crippen molar-refractivity contribution in [3.8, 4) is 0 Å². The number of nitro groups is 1. The summed E-state index contributed by atoms with van der Waals surface area (Å²) >= 11 is 0. The van der Waals surface area contributed by atoms with Gasteiger partial charge < -0.3 is 10.4 Å². The van der Waals surface area contributed by atoms with Gasteiger partial charge in [-0.3, -0.25) is 14.9 Å². The van der Waals surface area contributed by atoms with Crippen LogP contribution in [0.3, 0.4) is 0 Å². The summed E-state index contributed by atoms with van der Waals surface area (Å²) in [4.78, 5) is 20.7. The first-order valence-corrected chi connectivity index (χ1v) is 5.13. The second-order valence-electron chi connectivity index (χ2n) is 3.88. The van der Waals surface area contributed by atoms with E-state index in [1.54, 1.807) is 19.9 Å². The van der Waals surface area contributed by atoms with Gasteiger partial charge in [-0.15, -0.1) is 0 Å². The molecule has 6 nitrogen and oxygen atoms in total. The predicted octanol–water partition coefficient (Wildman–Crippen LogP) is 2.04. The quantitative estimate of drug-likeness (QED) is 0.604. The number of rotatable bonds is 5. The van der Waals surface area contributed by atoms with E-state index in [4.69, 9.17) is 5.11 Å². The number of aryl methyl sites for hydroxylation is 1. The van der Waals surface area contributed by atoms with Gasteiger partial charge in [0, 0.05) is 24.4 Å². The molecule has 1 aromatic rings. The molecule has 0 aromatic heterocycles. The van der Waals surface area contributed by atoms with Gasteiger partial charge in [-0.2, -0.15) is 0 Å². The zero-order chi connectivity index (χ0) is 13.0. The lowest BCUT2D eigenvalue weighted by atomic mass is 10.1. The normalized spacial score (nSPS) is 11.9. The average molecular weight is 238 g/mol. The Bertz CT molecular complexity index is 445. The first-order chi connectivity index (χ1) is 7.91. The standard InChI is InChI=1S/C11H14N2O4/c1-7-5-9(13(16)17)3-4-10(7)12-6-8(2)11(14)15/h3-5,8,12H,6H2,1-2H3,(H,14,15). The highest BCUT2D eigenvalue weighted by Gasteiger charge is 2.12. The Balaban J connectivity index is 2.73. The number of nitro benzene ring substituents is 1. The number of benzene rings is 1. The van der Waals surface area contributed by atoms with Crippen LogP contribution in [0.15, 0.2) is 18.2 Å². The lowest BCUT2D eigenvalue weighted by Gasteiger charge is -2.11. The molecule has 1 unspecified atom stereocenters. The number of hydrogen-bond donors (Lipinski definition) is 2. The largest absolute Gasteiger partial charge is 0.481 e. The van der Waals surface area contributed by atoms with Crippen molar-refractivity contribution in [1.29, 1.82) is 0 Å². The maximum Gasteiger partial charge on any atom is 0.308 e. The number of non-ortho nitro benzene ring substituents is 1. The number of aliphatic carboxylic acids is 1. The maximum absolute atomic E-state index is 10.6. The second kappa shape index (κ2) is 5.29. The summed E-state index contributed by atoms with van der Waals surface area (Å²) in [6.07, 6.45) is 0. The van der Waals surface area contributed by atoms with Crippen molar-refractivity contribution in [2.24, 2.45) is 5.92 Å². The van der Waals surface area contributed by atoms with Crippen molar-refractivity contribution in [2.45, 2.75) is 13.8 Å². The smallest absolute Gasteiger partial charge is 0.308 e. The molecule has 92 valence electrons.